The van der Waals surface area contributed by atoms with Crippen molar-refractivity contribution in [1.29, 1.82) is 0 Å². The van der Waals surface area contributed by atoms with Crippen LogP contribution in [0.5, 0.6) is 11.5 Å². The number of anilines is 1. The molecule has 0 aliphatic carbocycles. The Morgan fingerprint density at radius 3 is 2.76 bits per heavy atom. The fourth-order valence-electron chi connectivity index (χ4n) is 3.26. The van der Waals surface area contributed by atoms with E-state index in [-0.39, 0.29) is 29.8 Å². The maximum Gasteiger partial charge on any atom is 0.238 e. The van der Waals surface area contributed by atoms with Gasteiger partial charge in [-0.3, -0.25) is 9.69 Å². The highest BCUT2D eigenvalue weighted by atomic mass is 35.5. The van der Waals surface area contributed by atoms with Crippen molar-refractivity contribution in [3.05, 3.63) is 18.2 Å². The summed E-state index contributed by atoms with van der Waals surface area (Å²) in [7, 11) is 0. The molecule has 2 heterocycles. The molecule has 7 heteroatoms. The van der Waals surface area contributed by atoms with Crippen molar-refractivity contribution in [2.75, 3.05) is 38.2 Å². The number of hydrogen-bond donors (Lipinski definition) is 2. The van der Waals surface area contributed by atoms with Crippen molar-refractivity contribution in [2.45, 2.75) is 32.7 Å². The van der Waals surface area contributed by atoms with E-state index in [9.17, 15) is 4.79 Å². The first-order valence-corrected chi connectivity index (χ1v) is 8.61. The first-order valence-electron chi connectivity index (χ1n) is 8.61. The number of hydrogen-bond acceptors (Lipinski definition) is 5. The summed E-state index contributed by atoms with van der Waals surface area (Å²) in [6.07, 6.45) is 1.79. The molecule has 0 aromatic heterocycles. The third kappa shape index (κ3) is 5.00. The zero-order chi connectivity index (χ0) is 17.2. The molecular formula is C18H28ClN3O3. The van der Waals surface area contributed by atoms with E-state index in [1.807, 2.05) is 18.2 Å². The van der Waals surface area contributed by atoms with Gasteiger partial charge in [-0.25, -0.2) is 0 Å². The number of halogens is 1. The number of carbonyl (C=O) groups excluding carboxylic acids is 1. The Labute approximate surface area is 155 Å². The number of benzene rings is 1. The van der Waals surface area contributed by atoms with Gasteiger partial charge in [0, 0.05) is 37.3 Å². The second-order valence-corrected chi connectivity index (χ2v) is 7.35. The normalized spacial score (nSPS) is 22.4. The molecule has 1 saturated heterocycles. The monoisotopic (exact) mass is 369 g/mol. The summed E-state index contributed by atoms with van der Waals surface area (Å²) in [6, 6.07) is 5.72. The lowest BCUT2D eigenvalue weighted by atomic mass is 9.80. The number of nitrogens with zero attached hydrogens (tertiary/aromatic N) is 1. The lowest BCUT2D eigenvalue weighted by molar-refractivity contribution is -0.118. The van der Waals surface area contributed by atoms with Gasteiger partial charge in [-0.2, -0.15) is 0 Å². The summed E-state index contributed by atoms with van der Waals surface area (Å²) in [5.74, 6) is 1.41. The molecule has 0 radical (unpaired) electrons. The van der Waals surface area contributed by atoms with E-state index < -0.39 is 0 Å². The molecule has 25 heavy (non-hydrogen) atoms. The second kappa shape index (κ2) is 8.25. The van der Waals surface area contributed by atoms with Gasteiger partial charge in [0.25, 0.3) is 0 Å². The van der Waals surface area contributed by atoms with E-state index in [4.69, 9.17) is 15.2 Å². The van der Waals surface area contributed by atoms with Gasteiger partial charge in [-0.05, 0) is 24.0 Å². The van der Waals surface area contributed by atoms with Crippen LogP contribution in [0.1, 0.15) is 26.7 Å². The number of amides is 1. The number of ether oxygens (including phenoxy) is 2. The molecule has 2 aliphatic rings. The Morgan fingerprint density at radius 1 is 1.32 bits per heavy atom. The number of rotatable bonds is 3. The first kappa shape index (κ1) is 19.8. The topological polar surface area (TPSA) is 76.8 Å². The summed E-state index contributed by atoms with van der Waals surface area (Å²) in [5.41, 5.74) is 6.92. The molecule has 3 N–H and O–H groups in total. The van der Waals surface area contributed by atoms with Crippen LogP contribution in [0.4, 0.5) is 5.69 Å². The van der Waals surface area contributed by atoms with E-state index in [2.05, 4.69) is 24.1 Å². The van der Waals surface area contributed by atoms with Gasteiger partial charge in [-0.1, -0.05) is 13.8 Å². The zero-order valence-electron chi connectivity index (χ0n) is 14.9. The predicted molar refractivity (Wildman–Crippen MR) is 101 cm³/mol. The molecule has 0 bridgehead atoms. The summed E-state index contributed by atoms with van der Waals surface area (Å²) in [5, 5.41) is 2.95. The van der Waals surface area contributed by atoms with Crippen LogP contribution in [0.3, 0.4) is 0 Å². The van der Waals surface area contributed by atoms with Gasteiger partial charge >= 0.3 is 0 Å². The van der Waals surface area contributed by atoms with Crippen molar-refractivity contribution >= 4 is 24.0 Å². The minimum absolute atomic E-state index is 0. The van der Waals surface area contributed by atoms with Gasteiger partial charge in [0.05, 0.1) is 19.8 Å². The van der Waals surface area contributed by atoms with Crippen LogP contribution in [0.2, 0.25) is 0 Å². The molecule has 1 atom stereocenters. The van der Waals surface area contributed by atoms with Crippen molar-refractivity contribution in [3.63, 3.8) is 0 Å². The van der Waals surface area contributed by atoms with Crippen LogP contribution in [0, 0.1) is 5.41 Å². The zero-order valence-corrected chi connectivity index (χ0v) is 15.7. The fraction of sp³-hybridized carbons (Fsp3) is 0.611. The van der Waals surface area contributed by atoms with Crippen molar-refractivity contribution in [1.82, 2.24) is 4.90 Å². The lowest BCUT2D eigenvalue weighted by Gasteiger charge is -2.42. The number of fused-ring (bicyclic) bond motifs is 1. The molecule has 0 saturated carbocycles. The predicted octanol–water partition coefficient (Wildman–Crippen LogP) is 2.27. The van der Waals surface area contributed by atoms with Gasteiger partial charge in [0.1, 0.15) is 0 Å². The minimum Gasteiger partial charge on any atom is -0.490 e. The molecule has 1 aromatic rings. The number of piperidine rings is 1. The summed E-state index contributed by atoms with van der Waals surface area (Å²) in [6.45, 7) is 7.68. The minimum atomic E-state index is -0.0178. The Balaban J connectivity index is 0.00000225. The number of nitrogens with two attached hydrogens (primary N) is 1. The van der Waals surface area contributed by atoms with Gasteiger partial charge < -0.3 is 20.5 Å². The molecule has 1 aromatic carbocycles. The fourth-order valence-corrected chi connectivity index (χ4v) is 3.26. The highest BCUT2D eigenvalue weighted by molar-refractivity contribution is 5.92. The molecule has 0 spiro atoms. The summed E-state index contributed by atoms with van der Waals surface area (Å²) >= 11 is 0. The number of likely N-dealkylation sites (tertiary alicyclic amines) is 1. The van der Waals surface area contributed by atoms with Crippen LogP contribution >= 0.6 is 12.4 Å². The first-order chi connectivity index (χ1) is 11.4. The van der Waals surface area contributed by atoms with Crippen LogP contribution in [0.25, 0.3) is 0 Å². The lowest BCUT2D eigenvalue weighted by Crippen LogP contribution is -2.53. The third-order valence-electron chi connectivity index (χ3n) is 4.79. The van der Waals surface area contributed by atoms with E-state index >= 15 is 0 Å². The van der Waals surface area contributed by atoms with Crippen molar-refractivity contribution < 1.29 is 14.3 Å². The maximum absolute atomic E-state index is 12.4. The quantitative estimate of drug-likeness (QED) is 0.854. The average Bonchev–Trinajstić information content (AvgIpc) is 2.75. The van der Waals surface area contributed by atoms with Gasteiger partial charge in [-0.15, -0.1) is 12.4 Å². The average molecular weight is 370 g/mol. The SMILES string of the molecule is CC1(C)CN(CC(=O)Nc2ccc3c(c2)OCCCO3)CCC1N.Cl. The molecule has 1 amide bonds. The largest absolute Gasteiger partial charge is 0.490 e. The Bertz CT molecular complexity index is 609. The molecule has 3 rings (SSSR count). The molecule has 1 fully saturated rings. The molecule has 140 valence electrons. The van der Waals surface area contributed by atoms with Crippen LogP contribution in [0.15, 0.2) is 18.2 Å². The van der Waals surface area contributed by atoms with E-state index in [1.54, 1.807) is 0 Å². The van der Waals surface area contributed by atoms with Crippen LogP contribution in [-0.4, -0.2) is 49.7 Å². The van der Waals surface area contributed by atoms with Gasteiger partial charge in [0.2, 0.25) is 5.91 Å². The van der Waals surface area contributed by atoms with E-state index in [0.29, 0.717) is 25.5 Å². The Morgan fingerprint density at radius 2 is 2.04 bits per heavy atom. The highest BCUT2D eigenvalue weighted by Crippen LogP contribution is 2.32. The molecular weight excluding hydrogens is 342 g/mol. The van der Waals surface area contributed by atoms with E-state index in [0.717, 1.165) is 37.4 Å². The van der Waals surface area contributed by atoms with Crippen molar-refractivity contribution in [2.24, 2.45) is 11.1 Å². The van der Waals surface area contributed by atoms with Crippen LogP contribution in [-0.2, 0) is 4.79 Å². The van der Waals surface area contributed by atoms with Crippen molar-refractivity contribution in [3.8, 4) is 11.5 Å². The summed E-state index contributed by atoms with van der Waals surface area (Å²) in [4.78, 5) is 14.5. The number of nitrogens with one attached hydrogen (secondary N) is 1. The molecule has 6 nitrogen and oxygen atoms in total. The maximum atomic E-state index is 12.4. The smallest absolute Gasteiger partial charge is 0.238 e. The second-order valence-electron chi connectivity index (χ2n) is 7.35. The molecule has 1 unspecified atom stereocenters. The highest BCUT2D eigenvalue weighted by Gasteiger charge is 2.33. The van der Waals surface area contributed by atoms with Gasteiger partial charge in [0.15, 0.2) is 11.5 Å². The Kier molecular flexibility index (Phi) is 6.54. The number of carbonyl (C=O) groups is 1. The third-order valence-corrected chi connectivity index (χ3v) is 4.79. The summed E-state index contributed by atoms with van der Waals surface area (Å²) < 4.78 is 11.3. The van der Waals surface area contributed by atoms with E-state index in [1.165, 1.54) is 0 Å². The molecule has 2 aliphatic heterocycles. The van der Waals surface area contributed by atoms with Crippen LogP contribution < -0.4 is 20.5 Å². The Hall–Kier alpha value is -1.50. The standard InChI is InChI=1S/C18H27N3O3.ClH/c1-18(2)12-21(7-6-16(18)19)11-17(22)20-13-4-5-14-15(10-13)24-9-3-8-23-14;/h4-5,10,16H,3,6-9,11-12,19H2,1-2H3,(H,20,22);1H.